The minimum Gasteiger partial charge on any atom is -0.358 e. The van der Waals surface area contributed by atoms with E-state index in [-0.39, 0.29) is 5.91 Å². The average Bonchev–Trinajstić information content (AvgIpc) is 2.27. The van der Waals surface area contributed by atoms with Gasteiger partial charge in [0.15, 0.2) is 0 Å². The Kier molecular flexibility index (Phi) is 2.83. The van der Waals surface area contributed by atoms with Gasteiger partial charge >= 0.3 is 0 Å². The standard InChI is InChI=1S/C12H17N3O/c1-8(2)15-7-12(16)14-10-4-3-9(6-13)5-11(10)15/h3-5,8H,6-7,13H2,1-2H3,(H,14,16). The smallest absolute Gasteiger partial charge is 0.243 e. The molecule has 0 saturated carbocycles. The van der Waals surface area contributed by atoms with Crippen LogP contribution in [0.1, 0.15) is 19.4 Å². The van der Waals surface area contributed by atoms with Gasteiger partial charge in [-0.2, -0.15) is 0 Å². The SMILES string of the molecule is CC(C)N1CC(=O)Nc2ccc(CN)cc21. The number of hydrogen-bond acceptors (Lipinski definition) is 3. The number of nitrogens with one attached hydrogen (secondary N) is 1. The van der Waals surface area contributed by atoms with E-state index in [1.807, 2.05) is 12.1 Å². The largest absolute Gasteiger partial charge is 0.358 e. The van der Waals surface area contributed by atoms with Crippen molar-refractivity contribution in [3.8, 4) is 0 Å². The Morgan fingerprint density at radius 2 is 2.25 bits per heavy atom. The van der Waals surface area contributed by atoms with Crippen molar-refractivity contribution in [2.75, 3.05) is 16.8 Å². The summed E-state index contributed by atoms with van der Waals surface area (Å²) >= 11 is 0. The molecule has 0 aliphatic carbocycles. The van der Waals surface area contributed by atoms with Gasteiger partial charge in [0.05, 0.1) is 17.9 Å². The molecule has 86 valence electrons. The van der Waals surface area contributed by atoms with Crippen LogP contribution in [0.3, 0.4) is 0 Å². The van der Waals surface area contributed by atoms with E-state index < -0.39 is 0 Å². The van der Waals surface area contributed by atoms with Gasteiger partial charge in [0.25, 0.3) is 0 Å². The molecule has 0 aromatic heterocycles. The van der Waals surface area contributed by atoms with Crippen LogP contribution in [-0.2, 0) is 11.3 Å². The highest BCUT2D eigenvalue weighted by Gasteiger charge is 2.23. The lowest BCUT2D eigenvalue weighted by molar-refractivity contribution is -0.115. The van der Waals surface area contributed by atoms with E-state index in [0.29, 0.717) is 19.1 Å². The number of benzene rings is 1. The topological polar surface area (TPSA) is 58.4 Å². The maximum absolute atomic E-state index is 11.5. The first-order valence-electron chi connectivity index (χ1n) is 5.51. The van der Waals surface area contributed by atoms with Gasteiger partial charge < -0.3 is 16.0 Å². The molecule has 1 heterocycles. The molecule has 0 fully saturated rings. The van der Waals surface area contributed by atoms with Crippen LogP contribution in [0.15, 0.2) is 18.2 Å². The molecule has 1 aromatic carbocycles. The Labute approximate surface area is 95.4 Å². The summed E-state index contributed by atoms with van der Waals surface area (Å²) in [6.45, 7) is 5.10. The van der Waals surface area contributed by atoms with Crippen LogP contribution in [0.25, 0.3) is 0 Å². The van der Waals surface area contributed by atoms with Gasteiger partial charge in [0.1, 0.15) is 0 Å². The first kappa shape index (κ1) is 11.0. The predicted octanol–water partition coefficient (Wildman–Crippen LogP) is 1.31. The number of carbonyl (C=O) groups excluding carboxylic acids is 1. The van der Waals surface area contributed by atoms with Crippen LogP contribution >= 0.6 is 0 Å². The predicted molar refractivity (Wildman–Crippen MR) is 65.4 cm³/mol. The van der Waals surface area contributed by atoms with Gasteiger partial charge in [-0.05, 0) is 31.5 Å². The van der Waals surface area contributed by atoms with Crippen molar-refractivity contribution in [2.45, 2.75) is 26.4 Å². The van der Waals surface area contributed by atoms with Gasteiger partial charge in [0, 0.05) is 12.6 Å². The molecule has 0 unspecified atom stereocenters. The first-order valence-corrected chi connectivity index (χ1v) is 5.51. The lowest BCUT2D eigenvalue weighted by atomic mass is 10.1. The van der Waals surface area contributed by atoms with Gasteiger partial charge in [-0.25, -0.2) is 0 Å². The van der Waals surface area contributed by atoms with Crippen LogP contribution in [0, 0.1) is 0 Å². The number of anilines is 2. The highest BCUT2D eigenvalue weighted by molar-refractivity contribution is 6.01. The summed E-state index contributed by atoms with van der Waals surface area (Å²) in [5, 5.41) is 2.87. The zero-order chi connectivity index (χ0) is 11.7. The normalized spacial score (nSPS) is 15.0. The fourth-order valence-electron chi connectivity index (χ4n) is 1.94. The number of amides is 1. The molecule has 3 N–H and O–H groups in total. The van der Waals surface area contributed by atoms with E-state index in [9.17, 15) is 4.79 Å². The third-order valence-electron chi connectivity index (χ3n) is 2.82. The zero-order valence-corrected chi connectivity index (χ0v) is 9.66. The Morgan fingerprint density at radius 3 is 2.88 bits per heavy atom. The van der Waals surface area contributed by atoms with Crippen molar-refractivity contribution in [3.05, 3.63) is 23.8 Å². The summed E-state index contributed by atoms with van der Waals surface area (Å²) in [7, 11) is 0. The molecule has 0 saturated heterocycles. The van der Waals surface area contributed by atoms with Crippen molar-refractivity contribution in [1.29, 1.82) is 0 Å². The number of hydrogen-bond donors (Lipinski definition) is 2. The van der Waals surface area contributed by atoms with Gasteiger partial charge in [-0.1, -0.05) is 6.07 Å². The molecule has 1 aromatic rings. The van der Waals surface area contributed by atoms with E-state index in [2.05, 4.69) is 30.1 Å². The van der Waals surface area contributed by atoms with Crippen LogP contribution in [0.5, 0.6) is 0 Å². The number of nitrogens with two attached hydrogens (primary N) is 1. The third kappa shape index (κ3) is 1.88. The van der Waals surface area contributed by atoms with Crippen molar-refractivity contribution in [1.82, 2.24) is 0 Å². The molecule has 2 rings (SSSR count). The van der Waals surface area contributed by atoms with E-state index in [0.717, 1.165) is 16.9 Å². The number of fused-ring (bicyclic) bond motifs is 1. The minimum atomic E-state index is 0.0432. The van der Waals surface area contributed by atoms with Gasteiger partial charge in [-0.15, -0.1) is 0 Å². The third-order valence-corrected chi connectivity index (χ3v) is 2.82. The molecule has 0 radical (unpaired) electrons. The van der Waals surface area contributed by atoms with Crippen LogP contribution < -0.4 is 16.0 Å². The molecule has 1 amide bonds. The molecular formula is C12H17N3O. The van der Waals surface area contributed by atoms with Crippen molar-refractivity contribution >= 4 is 17.3 Å². The Morgan fingerprint density at radius 1 is 1.50 bits per heavy atom. The maximum atomic E-state index is 11.5. The summed E-state index contributed by atoms with van der Waals surface area (Å²) in [4.78, 5) is 13.6. The van der Waals surface area contributed by atoms with E-state index in [1.165, 1.54) is 0 Å². The Bertz CT molecular complexity index is 415. The number of nitrogens with zero attached hydrogens (tertiary/aromatic N) is 1. The van der Waals surface area contributed by atoms with Crippen LogP contribution in [-0.4, -0.2) is 18.5 Å². The summed E-state index contributed by atoms with van der Waals surface area (Å²) in [6, 6.07) is 6.22. The second-order valence-electron chi connectivity index (χ2n) is 4.33. The van der Waals surface area contributed by atoms with Crippen LogP contribution in [0.2, 0.25) is 0 Å². The molecule has 16 heavy (non-hydrogen) atoms. The highest BCUT2D eigenvalue weighted by atomic mass is 16.2. The second kappa shape index (κ2) is 4.14. The molecule has 0 atom stereocenters. The van der Waals surface area contributed by atoms with Crippen molar-refractivity contribution in [3.63, 3.8) is 0 Å². The average molecular weight is 219 g/mol. The molecule has 0 bridgehead atoms. The van der Waals surface area contributed by atoms with Crippen LogP contribution in [0.4, 0.5) is 11.4 Å². The van der Waals surface area contributed by atoms with Crippen molar-refractivity contribution < 1.29 is 4.79 Å². The number of rotatable bonds is 2. The molecular weight excluding hydrogens is 202 g/mol. The van der Waals surface area contributed by atoms with E-state index in [1.54, 1.807) is 0 Å². The lowest BCUT2D eigenvalue weighted by Gasteiger charge is -2.34. The van der Waals surface area contributed by atoms with E-state index >= 15 is 0 Å². The maximum Gasteiger partial charge on any atom is 0.243 e. The summed E-state index contributed by atoms with van der Waals surface area (Å²) in [6.07, 6.45) is 0. The fraction of sp³-hybridized carbons (Fsp3) is 0.417. The molecule has 4 heteroatoms. The van der Waals surface area contributed by atoms with Gasteiger partial charge in [-0.3, -0.25) is 4.79 Å². The zero-order valence-electron chi connectivity index (χ0n) is 9.66. The monoisotopic (exact) mass is 219 g/mol. The minimum absolute atomic E-state index is 0.0432. The Balaban J connectivity index is 2.45. The van der Waals surface area contributed by atoms with Crippen molar-refractivity contribution in [2.24, 2.45) is 5.73 Å². The molecule has 4 nitrogen and oxygen atoms in total. The summed E-state index contributed by atoms with van der Waals surface area (Å²) in [5.41, 5.74) is 8.65. The molecule has 1 aliphatic rings. The molecule has 0 spiro atoms. The lowest BCUT2D eigenvalue weighted by Crippen LogP contribution is -2.42. The van der Waals surface area contributed by atoms with Gasteiger partial charge in [0.2, 0.25) is 5.91 Å². The summed E-state index contributed by atoms with van der Waals surface area (Å²) < 4.78 is 0. The van der Waals surface area contributed by atoms with E-state index in [4.69, 9.17) is 5.73 Å². The second-order valence-corrected chi connectivity index (χ2v) is 4.33. The quantitative estimate of drug-likeness (QED) is 0.788. The first-order chi connectivity index (χ1) is 7.61. The highest BCUT2D eigenvalue weighted by Crippen LogP contribution is 2.31. The fourth-order valence-corrected chi connectivity index (χ4v) is 1.94. The summed E-state index contributed by atoms with van der Waals surface area (Å²) in [5.74, 6) is 0.0432. The molecule has 1 aliphatic heterocycles. The Hall–Kier alpha value is -1.55. The number of carbonyl (C=O) groups is 1.